The van der Waals surface area contributed by atoms with Gasteiger partial charge in [0.2, 0.25) is 0 Å². The smallest absolute Gasteiger partial charge is 0.257 e. The molecule has 0 atom stereocenters. The predicted octanol–water partition coefficient (Wildman–Crippen LogP) is 15.4. The van der Waals surface area contributed by atoms with Crippen molar-refractivity contribution in [1.29, 1.82) is 0 Å². The van der Waals surface area contributed by atoms with Crippen LogP contribution in [-0.2, 0) is 37.4 Å². The van der Waals surface area contributed by atoms with E-state index in [9.17, 15) is 45.1 Å². The maximum atomic E-state index is 13.7. The van der Waals surface area contributed by atoms with Crippen molar-refractivity contribution in [3.63, 3.8) is 0 Å². The van der Waals surface area contributed by atoms with Crippen molar-refractivity contribution < 1.29 is 64.1 Å². The normalized spacial score (nSPS) is 14.2. The van der Waals surface area contributed by atoms with Gasteiger partial charge in [-0.15, -0.1) is 0 Å². The number of alkyl halides is 1. The third-order valence-corrected chi connectivity index (χ3v) is 19.2. The van der Waals surface area contributed by atoms with Crippen LogP contribution in [0, 0.1) is 40.8 Å². The van der Waals surface area contributed by atoms with Crippen molar-refractivity contribution in [2.24, 2.45) is 5.92 Å². The van der Waals surface area contributed by atoms with Gasteiger partial charge >= 0.3 is 0 Å². The molecule has 0 bridgehead atoms. The molecule has 0 unspecified atom stereocenters. The maximum absolute atomic E-state index is 13.7. The monoisotopic (exact) mass is 1490 g/mol. The number of aromatic amines is 3. The highest BCUT2D eigenvalue weighted by atomic mass is 19.2. The zero-order valence-corrected chi connectivity index (χ0v) is 59.9. The fourth-order valence-electron chi connectivity index (χ4n) is 13.3. The van der Waals surface area contributed by atoms with E-state index in [1.54, 1.807) is 84.9 Å². The number of anilines is 5. The number of aromatic nitrogens is 6. The van der Waals surface area contributed by atoms with Crippen molar-refractivity contribution in [3.05, 3.63) is 255 Å². The number of piperazine rings is 2. The Hall–Kier alpha value is -11.8. The molecule has 3 aliphatic heterocycles. The SMILES string of the molecule is CN1CCN(c2ccc(C(=O)Nc3n[nH]c4ccc(OCc5cc(F)cc(F)c5)cc34)c(CC3CCOCC3)c2)CC1.CN1CCN(c2ccc(C(=O)Nc3n[nH]c4ccc(OCc5cc(F)cc(F)c5)cc34)c(CCCF)c2)CC1.O=C(Nc1n[nH]c2ccc(OCc3cc(F)cc(F)c3)cc12)c1ccccc1. The third-order valence-electron chi connectivity index (χ3n) is 19.2. The van der Waals surface area contributed by atoms with Crippen LogP contribution >= 0.6 is 0 Å². The van der Waals surface area contributed by atoms with Gasteiger partial charge in [-0.05, 0) is 219 Å². The lowest BCUT2D eigenvalue weighted by atomic mass is 9.89. The van der Waals surface area contributed by atoms with Gasteiger partial charge in [0.05, 0.1) is 23.2 Å². The molecule has 9 aromatic carbocycles. The first-order valence-corrected chi connectivity index (χ1v) is 35.8. The van der Waals surface area contributed by atoms with E-state index in [0.717, 1.165) is 131 Å². The van der Waals surface area contributed by atoms with Gasteiger partial charge in [0.15, 0.2) is 17.5 Å². The van der Waals surface area contributed by atoms with E-state index in [2.05, 4.69) is 86.3 Å². The average molecular weight is 1490 g/mol. The molecule has 0 radical (unpaired) electrons. The zero-order valence-electron chi connectivity index (χ0n) is 59.9. The number of nitrogens with zero attached hydrogens (tertiary/aromatic N) is 7. The molecule has 3 saturated heterocycles. The van der Waals surface area contributed by atoms with Gasteiger partial charge in [-0.2, -0.15) is 15.3 Å². The van der Waals surface area contributed by atoms with Crippen LogP contribution in [0.25, 0.3) is 32.7 Å². The molecule has 6 N–H and O–H groups in total. The van der Waals surface area contributed by atoms with Crippen LogP contribution in [0.2, 0.25) is 0 Å². The van der Waals surface area contributed by atoms with E-state index in [-0.39, 0.29) is 37.5 Å². The summed E-state index contributed by atoms with van der Waals surface area (Å²) in [6.07, 6.45) is 3.55. The van der Waals surface area contributed by atoms with Gasteiger partial charge in [-0.25, -0.2) is 26.3 Å². The molecule has 3 aliphatic rings. The number of fused-ring (bicyclic) bond motifs is 3. The van der Waals surface area contributed by atoms with Gasteiger partial charge < -0.3 is 54.5 Å². The molecule has 0 spiro atoms. The van der Waals surface area contributed by atoms with E-state index < -0.39 is 41.6 Å². The van der Waals surface area contributed by atoms with Crippen LogP contribution < -0.4 is 40.0 Å². The number of nitrogens with one attached hydrogen (secondary N) is 6. The number of likely N-dealkylation sites (N-methyl/N-ethyl adjacent to an activating group) is 2. The fourth-order valence-corrected chi connectivity index (χ4v) is 13.3. The van der Waals surface area contributed by atoms with Crippen molar-refractivity contribution in [2.75, 3.05) is 112 Å². The first kappa shape index (κ1) is 75.4. The second kappa shape index (κ2) is 35.3. The molecule has 20 nitrogen and oxygen atoms in total. The summed E-state index contributed by atoms with van der Waals surface area (Å²) in [6.45, 7) is 8.63. The lowest BCUT2D eigenvalue weighted by Gasteiger charge is -2.34. The average Bonchev–Trinajstić information content (AvgIpc) is 1.79. The van der Waals surface area contributed by atoms with E-state index in [4.69, 9.17) is 18.9 Å². The van der Waals surface area contributed by atoms with Crippen LogP contribution in [0.1, 0.15) is 78.2 Å². The molecule has 0 saturated carbocycles. The highest BCUT2D eigenvalue weighted by molar-refractivity contribution is 6.10. The number of rotatable bonds is 22. The number of benzene rings is 9. The summed E-state index contributed by atoms with van der Waals surface area (Å²) in [4.78, 5) is 48.7. The number of H-pyrrole nitrogens is 3. The molecule has 0 aliphatic carbocycles. The third kappa shape index (κ3) is 19.9. The highest BCUT2D eigenvalue weighted by Gasteiger charge is 2.25. The Labute approximate surface area is 623 Å². The predicted molar refractivity (Wildman–Crippen MR) is 404 cm³/mol. The van der Waals surface area contributed by atoms with Crippen molar-refractivity contribution in [3.8, 4) is 17.2 Å². The standard InChI is InChI=1S/C32H35F2N5O3.C29H30F3N5O2.C21H15F2N3O2/c1-38-8-10-39(11-9-38)26-2-4-28(23(17-26)14-21-6-12-41-13-7-21)32(40)35-31-29-19-27(3-5-30(29)36-37-31)42-20-22-15-24(33)18-25(34)16-22;1-36-9-11-37(12-10-36)23-4-6-25(20(15-23)3-2-8-30)29(38)33-28-26-17-24(5-7-27(26)34-35-28)39-18-19-13-21(31)16-22(32)14-19;22-15-8-13(9-16(23)10-15)12-28-17-6-7-19-18(11-17)20(26-25-19)24-21(27)14-4-2-1-3-5-14/h2-5,15-19,21H,6-14,20H2,1H3,(H2,35,36,37,40);4-7,13-17H,2-3,8-12,18H2,1H3,(H2,33,34,35,38);1-11H,12H2,(H2,24,25,26,27). The Kier molecular flexibility index (Phi) is 24.4. The molecule has 12 aromatic rings. The summed E-state index contributed by atoms with van der Waals surface area (Å²) < 4.78 is 116. The number of amides is 3. The lowest BCUT2D eigenvalue weighted by molar-refractivity contribution is 0.0664. The van der Waals surface area contributed by atoms with Crippen LogP contribution in [0.4, 0.5) is 59.6 Å². The van der Waals surface area contributed by atoms with E-state index >= 15 is 0 Å². The minimum atomic E-state index is -0.675. The zero-order chi connectivity index (χ0) is 75.9. The van der Waals surface area contributed by atoms with Gasteiger partial charge in [0.1, 0.15) is 72.0 Å². The first-order valence-electron chi connectivity index (χ1n) is 35.8. The van der Waals surface area contributed by atoms with Crippen molar-refractivity contribution in [1.82, 2.24) is 40.4 Å². The number of carbonyl (C=O) groups excluding carboxylic acids is 3. The Balaban J connectivity index is 0.000000147. The maximum Gasteiger partial charge on any atom is 0.257 e. The Bertz CT molecular complexity index is 5120. The molecule has 3 amide bonds. The molecule has 27 heteroatoms. The van der Waals surface area contributed by atoms with Gasteiger partial charge in [-0.1, -0.05) is 18.2 Å². The van der Waals surface area contributed by atoms with E-state index in [1.807, 2.05) is 30.3 Å². The number of ether oxygens (including phenoxy) is 4. The summed E-state index contributed by atoms with van der Waals surface area (Å²) in [6, 6.07) is 46.0. The molecule has 3 fully saturated rings. The van der Waals surface area contributed by atoms with E-state index in [1.165, 1.54) is 36.4 Å². The molecule has 15 rings (SSSR count). The van der Waals surface area contributed by atoms with Crippen LogP contribution in [0.15, 0.2) is 176 Å². The number of aryl methyl sites for hydroxylation is 1. The first-order chi connectivity index (χ1) is 52.9. The molecule has 6 heterocycles. The molecular formula is C82H80F7N13O7. The van der Waals surface area contributed by atoms with Gasteiger partial charge in [-0.3, -0.25) is 34.1 Å². The minimum Gasteiger partial charge on any atom is -0.489 e. The van der Waals surface area contributed by atoms with Gasteiger partial charge in [0, 0.05) is 128 Å². The Morgan fingerprint density at radius 1 is 0.450 bits per heavy atom. The summed E-state index contributed by atoms with van der Waals surface area (Å²) in [5.74, 6) is -1.88. The summed E-state index contributed by atoms with van der Waals surface area (Å²) in [5.41, 5.74) is 8.84. The van der Waals surface area contributed by atoms with Crippen LogP contribution in [0.3, 0.4) is 0 Å². The van der Waals surface area contributed by atoms with Gasteiger partial charge in [0.25, 0.3) is 17.7 Å². The molecular weight excluding hydrogens is 1410 g/mol. The van der Waals surface area contributed by atoms with Crippen molar-refractivity contribution >= 4 is 79.3 Å². The second-order valence-corrected chi connectivity index (χ2v) is 27.1. The second-order valence-electron chi connectivity index (χ2n) is 27.1. The minimum absolute atomic E-state index is 0.00372. The number of hydrogen-bond donors (Lipinski definition) is 6. The molecule has 109 heavy (non-hydrogen) atoms. The van der Waals surface area contributed by atoms with Crippen LogP contribution in [0.5, 0.6) is 17.2 Å². The van der Waals surface area contributed by atoms with Crippen molar-refractivity contribution in [2.45, 2.75) is 51.9 Å². The Morgan fingerprint density at radius 3 is 1.22 bits per heavy atom. The molecule has 564 valence electrons. The number of carbonyl (C=O) groups is 3. The topological polar surface area (TPSA) is 223 Å². The quantitative estimate of drug-likeness (QED) is 0.0348. The highest BCUT2D eigenvalue weighted by Crippen LogP contribution is 2.33. The fraction of sp³-hybridized carbons (Fsp3) is 0.268. The number of hydrogen-bond acceptors (Lipinski definition) is 14. The molecule has 3 aromatic heterocycles. The lowest BCUT2D eigenvalue weighted by Crippen LogP contribution is -2.44. The largest absolute Gasteiger partial charge is 0.489 e. The van der Waals surface area contributed by atoms with Crippen LogP contribution in [-0.4, -0.2) is 144 Å². The summed E-state index contributed by atoms with van der Waals surface area (Å²) in [7, 11) is 4.23. The Morgan fingerprint density at radius 2 is 0.826 bits per heavy atom. The summed E-state index contributed by atoms with van der Waals surface area (Å²) >= 11 is 0. The number of halogens is 7. The van der Waals surface area contributed by atoms with E-state index in [0.29, 0.717) is 114 Å². The summed E-state index contributed by atoms with van der Waals surface area (Å²) in [5, 5.41) is 32.0.